The smallest absolute Gasteiger partial charge is 0.337 e. The number of hydrogen-bond donors (Lipinski definition) is 2. The first-order chi connectivity index (χ1) is 9.20. The monoisotopic (exact) mass is 276 g/mol. The second-order valence-electron chi connectivity index (χ2n) is 4.10. The number of nitrogen functional groups attached to an aromatic ring is 1. The Kier molecular flexibility index (Phi) is 4.41. The van der Waals surface area contributed by atoms with Crippen molar-refractivity contribution < 1.29 is 9.53 Å². The standard InChI is InChI=1S/C14H16N2O2S/c1-18-14(17)11-2-3-13(12(15)8-11)16-6-4-10-5-7-19-9-10/h2-3,5,7-9,16H,4,6,15H2,1H3. The van der Waals surface area contributed by atoms with Crippen LogP contribution in [0, 0.1) is 0 Å². The van der Waals surface area contributed by atoms with E-state index in [2.05, 4.69) is 26.9 Å². The molecule has 0 unspecified atom stereocenters. The van der Waals surface area contributed by atoms with Gasteiger partial charge in [0.25, 0.3) is 0 Å². The van der Waals surface area contributed by atoms with Crippen molar-refractivity contribution in [3.63, 3.8) is 0 Å². The average molecular weight is 276 g/mol. The molecule has 2 rings (SSSR count). The quantitative estimate of drug-likeness (QED) is 0.651. The second kappa shape index (κ2) is 6.24. The number of anilines is 2. The van der Waals surface area contributed by atoms with Crippen LogP contribution in [-0.2, 0) is 11.2 Å². The Morgan fingerprint density at radius 2 is 2.26 bits per heavy atom. The molecule has 5 heteroatoms. The maximum absolute atomic E-state index is 11.3. The Morgan fingerprint density at radius 1 is 1.42 bits per heavy atom. The van der Waals surface area contributed by atoms with Gasteiger partial charge >= 0.3 is 5.97 Å². The lowest BCUT2D eigenvalue weighted by molar-refractivity contribution is 0.0601. The number of carbonyl (C=O) groups excluding carboxylic acids is 1. The van der Waals surface area contributed by atoms with Crippen molar-refractivity contribution in [2.75, 3.05) is 24.7 Å². The highest BCUT2D eigenvalue weighted by molar-refractivity contribution is 7.07. The molecule has 0 fully saturated rings. The minimum Gasteiger partial charge on any atom is -0.465 e. The molecule has 0 radical (unpaired) electrons. The molecule has 0 aliphatic carbocycles. The van der Waals surface area contributed by atoms with Crippen molar-refractivity contribution in [1.82, 2.24) is 0 Å². The van der Waals surface area contributed by atoms with E-state index in [9.17, 15) is 4.79 Å². The molecule has 0 saturated carbocycles. The van der Waals surface area contributed by atoms with Crippen LogP contribution in [0.3, 0.4) is 0 Å². The molecule has 0 spiro atoms. The van der Waals surface area contributed by atoms with Crippen molar-refractivity contribution in [2.24, 2.45) is 0 Å². The van der Waals surface area contributed by atoms with E-state index >= 15 is 0 Å². The number of nitrogens with two attached hydrogens (primary N) is 1. The molecule has 0 atom stereocenters. The van der Waals surface area contributed by atoms with Crippen molar-refractivity contribution in [1.29, 1.82) is 0 Å². The Hall–Kier alpha value is -2.01. The number of thiophene rings is 1. The summed E-state index contributed by atoms with van der Waals surface area (Å²) in [5, 5.41) is 7.46. The Balaban J connectivity index is 1.95. The molecule has 0 aliphatic rings. The van der Waals surface area contributed by atoms with Gasteiger partial charge in [0.2, 0.25) is 0 Å². The van der Waals surface area contributed by atoms with E-state index in [1.807, 2.05) is 0 Å². The SMILES string of the molecule is COC(=O)c1ccc(NCCc2ccsc2)c(N)c1. The highest BCUT2D eigenvalue weighted by Gasteiger charge is 2.07. The van der Waals surface area contributed by atoms with E-state index < -0.39 is 0 Å². The van der Waals surface area contributed by atoms with E-state index in [0.29, 0.717) is 11.3 Å². The molecule has 1 aromatic carbocycles. The van der Waals surface area contributed by atoms with Crippen molar-refractivity contribution in [2.45, 2.75) is 6.42 Å². The molecule has 100 valence electrons. The first-order valence-electron chi connectivity index (χ1n) is 5.93. The molecule has 1 aromatic heterocycles. The van der Waals surface area contributed by atoms with Gasteiger partial charge < -0.3 is 15.8 Å². The molecule has 0 bridgehead atoms. The van der Waals surface area contributed by atoms with Gasteiger partial charge in [0, 0.05) is 6.54 Å². The van der Waals surface area contributed by atoms with Crippen LogP contribution in [0.15, 0.2) is 35.0 Å². The predicted molar refractivity (Wildman–Crippen MR) is 78.7 cm³/mol. The van der Waals surface area contributed by atoms with Gasteiger partial charge in [0.05, 0.1) is 24.0 Å². The molecule has 0 amide bonds. The van der Waals surface area contributed by atoms with E-state index in [1.54, 1.807) is 29.5 Å². The van der Waals surface area contributed by atoms with Crippen LogP contribution in [-0.4, -0.2) is 19.6 Å². The molecule has 0 aliphatic heterocycles. The van der Waals surface area contributed by atoms with Crippen LogP contribution in [0.4, 0.5) is 11.4 Å². The van der Waals surface area contributed by atoms with Gasteiger partial charge in [0.1, 0.15) is 0 Å². The number of hydrogen-bond acceptors (Lipinski definition) is 5. The zero-order chi connectivity index (χ0) is 13.7. The summed E-state index contributed by atoms with van der Waals surface area (Å²) in [4.78, 5) is 11.3. The fourth-order valence-corrected chi connectivity index (χ4v) is 2.45. The number of benzene rings is 1. The van der Waals surface area contributed by atoms with Crippen molar-refractivity contribution in [3.8, 4) is 0 Å². The first-order valence-corrected chi connectivity index (χ1v) is 6.88. The van der Waals surface area contributed by atoms with Crippen LogP contribution < -0.4 is 11.1 Å². The van der Waals surface area contributed by atoms with E-state index in [-0.39, 0.29) is 5.97 Å². The van der Waals surface area contributed by atoms with Gasteiger partial charge in [-0.3, -0.25) is 0 Å². The number of esters is 1. The molecule has 3 N–H and O–H groups in total. The number of nitrogens with one attached hydrogen (secondary N) is 1. The lowest BCUT2D eigenvalue weighted by Crippen LogP contribution is -2.08. The van der Waals surface area contributed by atoms with E-state index in [4.69, 9.17) is 5.73 Å². The highest BCUT2D eigenvalue weighted by atomic mass is 32.1. The zero-order valence-corrected chi connectivity index (χ0v) is 11.5. The molecular formula is C14H16N2O2S. The average Bonchev–Trinajstić information content (AvgIpc) is 2.93. The molecule has 0 saturated heterocycles. The minimum absolute atomic E-state index is 0.378. The zero-order valence-electron chi connectivity index (χ0n) is 10.7. The largest absolute Gasteiger partial charge is 0.465 e. The number of methoxy groups -OCH3 is 1. The maximum Gasteiger partial charge on any atom is 0.337 e. The van der Waals surface area contributed by atoms with Gasteiger partial charge in [-0.15, -0.1) is 0 Å². The summed E-state index contributed by atoms with van der Waals surface area (Å²) in [5.41, 5.74) is 9.06. The Labute approximate surface area is 116 Å². The van der Waals surface area contributed by atoms with Crippen molar-refractivity contribution in [3.05, 3.63) is 46.2 Å². The van der Waals surface area contributed by atoms with Crippen LogP contribution in [0.2, 0.25) is 0 Å². The summed E-state index contributed by atoms with van der Waals surface area (Å²) in [7, 11) is 1.35. The normalized spacial score (nSPS) is 10.2. The maximum atomic E-state index is 11.3. The third-order valence-corrected chi connectivity index (χ3v) is 3.51. The van der Waals surface area contributed by atoms with Crippen molar-refractivity contribution >= 4 is 28.7 Å². The number of carbonyl (C=O) groups is 1. The fourth-order valence-electron chi connectivity index (χ4n) is 1.74. The van der Waals surface area contributed by atoms with Gasteiger partial charge in [-0.05, 0) is 47.0 Å². The summed E-state index contributed by atoms with van der Waals surface area (Å²) in [6.45, 7) is 0.804. The number of ether oxygens (including phenoxy) is 1. The summed E-state index contributed by atoms with van der Waals surface area (Å²) in [6, 6.07) is 7.24. The number of rotatable bonds is 5. The van der Waals surface area contributed by atoms with Crippen LogP contribution in [0.1, 0.15) is 15.9 Å². The summed E-state index contributed by atoms with van der Waals surface area (Å²) in [5.74, 6) is -0.378. The van der Waals surface area contributed by atoms with Gasteiger partial charge in [-0.25, -0.2) is 4.79 Å². The lowest BCUT2D eigenvalue weighted by Gasteiger charge is -2.10. The Bertz CT molecular complexity index is 553. The lowest BCUT2D eigenvalue weighted by atomic mass is 10.1. The molecule has 2 aromatic rings. The Morgan fingerprint density at radius 3 is 2.89 bits per heavy atom. The minimum atomic E-state index is -0.378. The topological polar surface area (TPSA) is 64.3 Å². The van der Waals surface area contributed by atoms with Crippen LogP contribution in [0.25, 0.3) is 0 Å². The first kappa shape index (κ1) is 13.4. The fraction of sp³-hybridized carbons (Fsp3) is 0.214. The molecule has 4 nitrogen and oxygen atoms in total. The van der Waals surface area contributed by atoms with E-state index in [1.165, 1.54) is 12.7 Å². The summed E-state index contributed by atoms with van der Waals surface area (Å²) >= 11 is 1.69. The van der Waals surface area contributed by atoms with Gasteiger partial charge in [0.15, 0.2) is 0 Å². The van der Waals surface area contributed by atoms with Gasteiger partial charge in [-0.2, -0.15) is 11.3 Å². The summed E-state index contributed by atoms with van der Waals surface area (Å²) in [6.07, 6.45) is 0.946. The highest BCUT2D eigenvalue weighted by Crippen LogP contribution is 2.20. The third-order valence-electron chi connectivity index (χ3n) is 2.78. The predicted octanol–water partition coefficient (Wildman–Crippen LogP) is 2.77. The van der Waals surface area contributed by atoms with Gasteiger partial charge in [-0.1, -0.05) is 0 Å². The molecule has 19 heavy (non-hydrogen) atoms. The third kappa shape index (κ3) is 3.48. The van der Waals surface area contributed by atoms with Crippen LogP contribution in [0.5, 0.6) is 0 Å². The molecule has 1 heterocycles. The van der Waals surface area contributed by atoms with Crippen LogP contribution >= 0.6 is 11.3 Å². The molecular weight excluding hydrogens is 260 g/mol. The van der Waals surface area contributed by atoms with E-state index in [0.717, 1.165) is 18.7 Å². The second-order valence-corrected chi connectivity index (χ2v) is 4.88. The summed E-state index contributed by atoms with van der Waals surface area (Å²) < 4.78 is 4.65.